The van der Waals surface area contributed by atoms with Crippen LogP contribution in [-0.2, 0) is 10.0 Å². The van der Waals surface area contributed by atoms with E-state index in [0.717, 1.165) is 35.7 Å². The van der Waals surface area contributed by atoms with Crippen LogP contribution in [0.25, 0.3) is 10.9 Å². The van der Waals surface area contributed by atoms with Crippen LogP contribution in [0.4, 0.5) is 5.69 Å². The third-order valence-corrected chi connectivity index (χ3v) is 7.19. The lowest BCUT2D eigenvalue weighted by molar-refractivity contribution is 0.102. The molecule has 1 aliphatic heterocycles. The second-order valence-corrected chi connectivity index (χ2v) is 9.21. The molecule has 3 aromatic rings. The molecule has 4 rings (SSSR count). The van der Waals surface area contributed by atoms with Gasteiger partial charge in [-0.05, 0) is 55.7 Å². The summed E-state index contributed by atoms with van der Waals surface area (Å²) in [6.07, 6.45) is 4.50. The Morgan fingerprint density at radius 3 is 2.62 bits per heavy atom. The Hall–Kier alpha value is -2.77. The Balaban J connectivity index is 1.65. The van der Waals surface area contributed by atoms with Crippen molar-refractivity contribution in [1.82, 2.24) is 9.29 Å². The van der Waals surface area contributed by atoms with Crippen LogP contribution < -0.4 is 5.32 Å². The molecule has 1 N–H and O–H groups in total. The molecule has 1 saturated heterocycles. The molecule has 6 nitrogen and oxygen atoms in total. The van der Waals surface area contributed by atoms with Gasteiger partial charge in [0, 0.05) is 35.9 Å². The number of benzene rings is 2. The van der Waals surface area contributed by atoms with E-state index in [0.29, 0.717) is 24.3 Å². The summed E-state index contributed by atoms with van der Waals surface area (Å²) in [6.45, 7) is 2.93. The van der Waals surface area contributed by atoms with E-state index in [1.807, 2.05) is 19.1 Å². The van der Waals surface area contributed by atoms with E-state index >= 15 is 0 Å². The summed E-state index contributed by atoms with van der Waals surface area (Å²) >= 11 is 0. The zero-order valence-corrected chi connectivity index (χ0v) is 17.1. The van der Waals surface area contributed by atoms with Crippen molar-refractivity contribution in [3.05, 3.63) is 65.9 Å². The molecule has 150 valence electrons. The van der Waals surface area contributed by atoms with E-state index in [1.54, 1.807) is 42.6 Å². The van der Waals surface area contributed by atoms with E-state index in [-0.39, 0.29) is 10.8 Å². The molecule has 2 aromatic carbocycles. The fourth-order valence-electron chi connectivity index (χ4n) is 3.64. The third kappa shape index (κ3) is 3.88. The van der Waals surface area contributed by atoms with Crippen LogP contribution in [0.15, 0.2) is 59.6 Å². The molecule has 0 aliphatic carbocycles. The number of nitrogens with zero attached hydrogens (tertiary/aromatic N) is 2. The Bertz CT molecular complexity index is 1160. The van der Waals surface area contributed by atoms with Crippen LogP contribution in [0.1, 0.15) is 35.2 Å². The number of aromatic nitrogens is 1. The van der Waals surface area contributed by atoms with Crippen LogP contribution in [0, 0.1) is 6.92 Å². The Morgan fingerprint density at radius 2 is 1.83 bits per heavy atom. The van der Waals surface area contributed by atoms with Gasteiger partial charge in [-0.2, -0.15) is 4.31 Å². The van der Waals surface area contributed by atoms with Gasteiger partial charge in [0.25, 0.3) is 5.91 Å². The highest BCUT2D eigenvalue weighted by molar-refractivity contribution is 7.89. The topological polar surface area (TPSA) is 79.4 Å². The number of hydrogen-bond donors (Lipinski definition) is 1. The maximum atomic E-state index is 13.0. The second kappa shape index (κ2) is 7.93. The van der Waals surface area contributed by atoms with Crippen LogP contribution in [0.2, 0.25) is 0 Å². The van der Waals surface area contributed by atoms with Gasteiger partial charge in [-0.25, -0.2) is 8.42 Å². The number of aryl methyl sites for hydroxylation is 1. The summed E-state index contributed by atoms with van der Waals surface area (Å²) < 4.78 is 27.5. The lowest BCUT2D eigenvalue weighted by Crippen LogP contribution is -2.35. The second-order valence-electron chi connectivity index (χ2n) is 7.27. The number of anilines is 1. The average molecular weight is 410 g/mol. The minimum Gasteiger partial charge on any atom is -0.322 e. The van der Waals surface area contributed by atoms with E-state index in [9.17, 15) is 13.2 Å². The number of carbonyl (C=O) groups excluding carboxylic acids is 1. The van der Waals surface area contributed by atoms with E-state index < -0.39 is 10.0 Å². The van der Waals surface area contributed by atoms with Crippen molar-refractivity contribution in [3.63, 3.8) is 0 Å². The van der Waals surface area contributed by atoms with E-state index in [2.05, 4.69) is 10.3 Å². The number of nitrogens with one attached hydrogen (secondary N) is 1. The Morgan fingerprint density at radius 1 is 1.03 bits per heavy atom. The molecule has 1 aromatic heterocycles. The molecule has 0 bridgehead atoms. The fraction of sp³-hybridized carbons (Fsp3) is 0.273. The molecule has 1 fully saturated rings. The quantitative estimate of drug-likeness (QED) is 0.707. The summed E-state index contributed by atoms with van der Waals surface area (Å²) in [5.41, 5.74) is 2.53. The number of carbonyl (C=O) groups is 1. The minimum atomic E-state index is -3.56. The zero-order valence-electron chi connectivity index (χ0n) is 16.3. The summed E-state index contributed by atoms with van der Waals surface area (Å²) in [4.78, 5) is 17.4. The fourth-order valence-corrected chi connectivity index (χ4v) is 5.19. The number of fused-ring (bicyclic) bond motifs is 1. The van der Waals surface area contributed by atoms with Gasteiger partial charge >= 0.3 is 0 Å². The van der Waals surface area contributed by atoms with Crippen molar-refractivity contribution in [2.24, 2.45) is 0 Å². The highest BCUT2D eigenvalue weighted by atomic mass is 32.2. The van der Waals surface area contributed by atoms with Crippen molar-refractivity contribution < 1.29 is 13.2 Å². The first kappa shape index (κ1) is 19.5. The van der Waals surface area contributed by atoms with E-state index in [4.69, 9.17) is 0 Å². The standard InChI is InChI=1S/C22H23N3O3S/c1-16-10-11-17(29(27,28)25-13-3-2-4-14-25)15-21(16)24-22(26)19-7-5-9-20-18(19)8-6-12-23-20/h5-12,15H,2-4,13-14H2,1H3,(H,24,26). The predicted molar refractivity (Wildman–Crippen MR) is 113 cm³/mol. The molecule has 0 saturated carbocycles. The van der Waals surface area contributed by atoms with Crippen LogP contribution in [0.3, 0.4) is 0 Å². The number of sulfonamides is 1. The van der Waals surface area contributed by atoms with Crippen molar-refractivity contribution in [2.45, 2.75) is 31.1 Å². The van der Waals surface area contributed by atoms with Crippen LogP contribution in [0.5, 0.6) is 0 Å². The van der Waals surface area contributed by atoms with Crippen LogP contribution >= 0.6 is 0 Å². The molecule has 1 aliphatic rings. The molecular formula is C22H23N3O3S. The van der Waals surface area contributed by atoms with Gasteiger partial charge in [-0.15, -0.1) is 0 Å². The first-order valence-electron chi connectivity index (χ1n) is 9.73. The molecule has 7 heteroatoms. The van der Waals surface area contributed by atoms with Crippen molar-refractivity contribution >= 4 is 32.5 Å². The van der Waals surface area contributed by atoms with Gasteiger partial charge in [-0.1, -0.05) is 24.6 Å². The van der Waals surface area contributed by atoms with Crippen LogP contribution in [-0.4, -0.2) is 36.7 Å². The molecule has 1 amide bonds. The van der Waals surface area contributed by atoms with Gasteiger partial charge in [0.1, 0.15) is 0 Å². The molecule has 0 radical (unpaired) electrons. The lowest BCUT2D eigenvalue weighted by Gasteiger charge is -2.26. The van der Waals surface area contributed by atoms with Gasteiger partial charge in [0.15, 0.2) is 0 Å². The summed E-state index contributed by atoms with van der Waals surface area (Å²) in [5.74, 6) is -0.292. The molecule has 2 heterocycles. The Kier molecular flexibility index (Phi) is 5.34. The normalized spacial score (nSPS) is 15.3. The van der Waals surface area contributed by atoms with Crippen molar-refractivity contribution in [2.75, 3.05) is 18.4 Å². The predicted octanol–water partition coefficient (Wildman–Crippen LogP) is 3.97. The number of piperidine rings is 1. The Labute approximate surface area is 170 Å². The maximum Gasteiger partial charge on any atom is 0.256 e. The zero-order chi connectivity index (χ0) is 20.4. The minimum absolute atomic E-state index is 0.208. The number of pyridine rings is 1. The summed E-state index contributed by atoms with van der Waals surface area (Å²) in [6, 6.07) is 13.9. The maximum absolute atomic E-state index is 13.0. The summed E-state index contributed by atoms with van der Waals surface area (Å²) in [5, 5.41) is 3.64. The van der Waals surface area contributed by atoms with Gasteiger partial charge < -0.3 is 5.32 Å². The monoisotopic (exact) mass is 409 g/mol. The number of rotatable bonds is 4. The molecule has 0 atom stereocenters. The van der Waals surface area contributed by atoms with Gasteiger partial charge in [0.05, 0.1) is 10.4 Å². The molecule has 29 heavy (non-hydrogen) atoms. The third-order valence-electron chi connectivity index (χ3n) is 5.30. The first-order chi connectivity index (χ1) is 14.0. The molecular weight excluding hydrogens is 386 g/mol. The van der Waals surface area contributed by atoms with E-state index in [1.165, 1.54) is 4.31 Å². The number of hydrogen-bond acceptors (Lipinski definition) is 4. The molecule has 0 unspecified atom stereocenters. The average Bonchev–Trinajstić information content (AvgIpc) is 2.75. The molecule has 0 spiro atoms. The highest BCUT2D eigenvalue weighted by Gasteiger charge is 2.26. The largest absolute Gasteiger partial charge is 0.322 e. The van der Waals surface area contributed by atoms with Crippen molar-refractivity contribution in [1.29, 1.82) is 0 Å². The SMILES string of the molecule is Cc1ccc(S(=O)(=O)N2CCCCC2)cc1NC(=O)c1cccc2ncccc12. The smallest absolute Gasteiger partial charge is 0.256 e. The highest BCUT2D eigenvalue weighted by Crippen LogP contribution is 2.26. The summed E-state index contributed by atoms with van der Waals surface area (Å²) in [7, 11) is -3.56. The van der Waals surface area contributed by atoms with Crippen molar-refractivity contribution in [3.8, 4) is 0 Å². The van der Waals surface area contributed by atoms with Gasteiger partial charge in [0.2, 0.25) is 10.0 Å². The van der Waals surface area contributed by atoms with Gasteiger partial charge in [-0.3, -0.25) is 9.78 Å². The first-order valence-corrected chi connectivity index (χ1v) is 11.2. The lowest BCUT2D eigenvalue weighted by atomic mass is 10.1. The number of amides is 1.